The predicted octanol–water partition coefficient (Wildman–Crippen LogP) is 11.2. The number of amides is 3. The van der Waals surface area contributed by atoms with Gasteiger partial charge in [-0.05, 0) is 32.2 Å². The average molecular weight is 823 g/mol. The average Bonchev–Trinajstić information content (AvgIpc) is 4.04. The molecule has 344 valence electrons. The van der Waals surface area contributed by atoms with E-state index in [0.717, 1.165) is 64.5 Å². The smallest absolute Gasteiger partial charge is 0.242 e. The topological polar surface area (TPSA) is 117 Å². The lowest BCUT2D eigenvalue weighted by Gasteiger charge is -2.30. The van der Waals surface area contributed by atoms with Gasteiger partial charge in [-0.1, -0.05) is 207 Å². The monoisotopic (exact) mass is 823 g/mol. The Morgan fingerprint density at radius 3 is 1.09 bits per heavy atom. The fourth-order valence-electron chi connectivity index (χ4n) is 7.85. The standard InChI is InChI=1S/C49H96N4O4.H2O/c1-5-9-13-17-21-25-29-33-37-50-41-47(54)52(39-35-31-27-23-19-15-11-7-3)43-49(56)53(40-36-32-28-24-20-16-12-8-4)44-48(55)51(42-46-45-57-46)38-34-30-26-22-18-14-10-6-2;/h46,50H,5-45H2,1-4H3;1H2. The number of carbonyl (C=O) groups is 3. The SMILES string of the molecule is CCCCCCCCCCNCC(=O)N(CCCCCCCCCC)CC(=O)N(CCCCCCCCCC)CC(=O)N(CCCCCCCCCC)CC1CO1.O. The van der Waals surface area contributed by atoms with Crippen LogP contribution in [0.3, 0.4) is 0 Å². The summed E-state index contributed by atoms with van der Waals surface area (Å²) < 4.78 is 5.56. The van der Waals surface area contributed by atoms with Crippen LogP contribution in [-0.4, -0.2) is 103 Å². The van der Waals surface area contributed by atoms with Crippen LogP contribution in [-0.2, 0) is 19.1 Å². The quantitative estimate of drug-likeness (QED) is 0.0485. The second-order valence-corrected chi connectivity index (χ2v) is 17.5. The Morgan fingerprint density at radius 2 is 0.724 bits per heavy atom. The van der Waals surface area contributed by atoms with Crippen LogP contribution in [0.15, 0.2) is 0 Å². The zero-order valence-electron chi connectivity index (χ0n) is 39.0. The van der Waals surface area contributed by atoms with Crippen molar-refractivity contribution in [1.29, 1.82) is 0 Å². The summed E-state index contributed by atoms with van der Waals surface area (Å²) in [6.45, 7) is 13.5. The Labute approximate surface area is 359 Å². The van der Waals surface area contributed by atoms with Crippen LogP contribution in [0.25, 0.3) is 0 Å². The fourth-order valence-corrected chi connectivity index (χ4v) is 7.85. The first-order valence-corrected chi connectivity index (χ1v) is 25.1. The molecule has 0 aliphatic carbocycles. The van der Waals surface area contributed by atoms with E-state index in [-0.39, 0.29) is 48.9 Å². The van der Waals surface area contributed by atoms with Crippen molar-refractivity contribution in [2.24, 2.45) is 0 Å². The third kappa shape index (κ3) is 34.0. The summed E-state index contributed by atoms with van der Waals surface area (Å²) in [5.74, 6) is -0.0576. The largest absolute Gasteiger partial charge is 0.412 e. The Morgan fingerprint density at radius 1 is 0.431 bits per heavy atom. The van der Waals surface area contributed by atoms with Crippen molar-refractivity contribution in [2.45, 2.75) is 239 Å². The summed E-state index contributed by atoms with van der Waals surface area (Å²) >= 11 is 0. The molecule has 58 heavy (non-hydrogen) atoms. The van der Waals surface area contributed by atoms with Gasteiger partial charge in [-0.3, -0.25) is 14.4 Å². The molecule has 0 aromatic rings. The third-order valence-electron chi connectivity index (χ3n) is 11.9. The Bertz CT molecular complexity index is 933. The number of unbranched alkanes of at least 4 members (excludes halogenated alkanes) is 28. The molecule has 0 aromatic carbocycles. The molecule has 0 radical (unpaired) electrons. The second kappa shape index (κ2) is 42.0. The normalized spacial score (nSPS) is 13.3. The maximum absolute atomic E-state index is 14.2. The van der Waals surface area contributed by atoms with Crippen molar-refractivity contribution in [3.8, 4) is 0 Å². The Hall–Kier alpha value is -1.71. The van der Waals surface area contributed by atoms with Crippen molar-refractivity contribution in [2.75, 3.05) is 59.0 Å². The fraction of sp³-hybridized carbons (Fsp3) is 0.939. The van der Waals surface area contributed by atoms with E-state index >= 15 is 0 Å². The van der Waals surface area contributed by atoms with Crippen molar-refractivity contribution >= 4 is 17.7 Å². The highest BCUT2D eigenvalue weighted by atomic mass is 16.6. The molecule has 1 atom stereocenters. The van der Waals surface area contributed by atoms with Crippen molar-refractivity contribution < 1.29 is 24.6 Å². The van der Waals surface area contributed by atoms with Crippen LogP contribution in [0.4, 0.5) is 0 Å². The highest BCUT2D eigenvalue weighted by Gasteiger charge is 2.30. The van der Waals surface area contributed by atoms with Crippen molar-refractivity contribution in [1.82, 2.24) is 20.0 Å². The maximum Gasteiger partial charge on any atom is 0.242 e. The molecule has 0 saturated carbocycles. The molecular formula is C49H98N4O5. The van der Waals surface area contributed by atoms with Gasteiger partial charge in [0.25, 0.3) is 0 Å². The minimum atomic E-state index is -0.0861. The van der Waals surface area contributed by atoms with Gasteiger partial charge < -0.3 is 30.2 Å². The number of rotatable bonds is 44. The third-order valence-corrected chi connectivity index (χ3v) is 11.9. The summed E-state index contributed by atoms with van der Waals surface area (Å²) in [6.07, 6.45) is 39.1. The van der Waals surface area contributed by atoms with Crippen LogP contribution >= 0.6 is 0 Å². The number of ether oxygens (including phenoxy) is 1. The Balaban J connectivity index is 0.0000325. The minimum absolute atomic E-state index is 0. The minimum Gasteiger partial charge on any atom is -0.412 e. The second-order valence-electron chi connectivity index (χ2n) is 17.5. The number of hydrogen-bond donors (Lipinski definition) is 1. The maximum atomic E-state index is 14.2. The molecule has 1 aliphatic heterocycles. The molecule has 1 unspecified atom stereocenters. The highest BCUT2D eigenvalue weighted by molar-refractivity contribution is 5.89. The molecule has 1 heterocycles. The van der Waals surface area contributed by atoms with E-state index in [1.807, 2.05) is 4.90 Å². The molecule has 3 amide bonds. The number of nitrogens with zero attached hydrogens (tertiary/aromatic N) is 3. The zero-order chi connectivity index (χ0) is 41.4. The molecular weight excluding hydrogens is 725 g/mol. The molecule has 0 bridgehead atoms. The molecule has 3 N–H and O–H groups in total. The molecule has 1 aliphatic rings. The van der Waals surface area contributed by atoms with Crippen LogP contribution in [0.1, 0.15) is 233 Å². The number of hydrogen-bond acceptors (Lipinski definition) is 5. The number of carbonyl (C=O) groups excluding carboxylic acids is 3. The van der Waals surface area contributed by atoms with Gasteiger partial charge in [0.1, 0.15) is 0 Å². The van der Waals surface area contributed by atoms with E-state index in [0.29, 0.717) is 26.2 Å². The van der Waals surface area contributed by atoms with Gasteiger partial charge in [0.15, 0.2) is 0 Å². The van der Waals surface area contributed by atoms with Crippen molar-refractivity contribution in [3.63, 3.8) is 0 Å². The summed E-state index contributed by atoms with van der Waals surface area (Å²) in [4.78, 5) is 47.4. The van der Waals surface area contributed by atoms with E-state index in [1.165, 1.54) is 154 Å². The highest BCUT2D eigenvalue weighted by Crippen LogP contribution is 2.16. The zero-order valence-corrected chi connectivity index (χ0v) is 39.0. The molecule has 0 aromatic heterocycles. The molecule has 0 spiro atoms. The van der Waals surface area contributed by atoms with E-state index in [1.54, 1.807) is 9.80 Å². The van der Waals surface area contributed by atoms with Crippen LogP contribution in [0, 0.1) is 0 Å². The number of epoxide rings is 1. The molecule has 9 heteroatoms. The van der Waals surface area contributed by atoms with E-state index in [2.05, 4.69) is 33.0 Å². The first-order chi connectivity index (χ1) is 28.0. The van der Waals surface area contributed by atoms with E-state index in [9.17, 15) is 14.4 Å². The van der Waals surface area contributed by atoms with E-state index in [4.69, 9.17) is 4.74 Å². The van der Waals surface area contributed by atoms with Gasteiger partial charge in [0.05, 0.1) is 32.3 Å². The molecule has 9 nitrogen and oxygen atoms in total. The first kappa shape index (κ1) is 56.3. The molecule has 1 rings (SSSR count). The summed E-state index contributed by atoms with van der Waals surface area (Å²) in [5, 5.41) is 3.40. The number of nitrogens with one attached hydrogen (secondary N) is 1. The van der Waals surface area contributed by atoms with Crippen LogP contribution in [0.5, 0.6) is 0 Å². The van der Waals surface area contributed by atoms with Gasteiger partial charge in [0, 0.05) is 26.2 Å². The van der Waals surface area contributed by atoms with Crippen molar-refractivity contribution in [3.05, 3.63) is 0 Å². The lowest BCUT2D eigenvalue weighted by atomic mass is 10.1. The predicted molar refractivity (Wildman–Crippen MR) is 246 cm³/mol. The summed E-state index contributed by atoms with van der Waals surface area (Å²) in [6, 6.07) is 0. The summed E-state index contributed by atoms with van der Waals surface area (Å²) in [5.41, 5.74) is 0. The van der Waals surface area contributed by atoms with E-state index < -0.39 is 0 Å². The lowest BCUT2D eigenvalue weighted by molar-refractivity contribution is -0.144. The van der Waals surface area contributed by atoms with Gasteiger partial charge in [0.2, 0.25) is 17.7 Å². The van der Waals surface area contributed by atoms with Gasteiger partial charge >= 0.3 is 0 Å². The lowest BCUT2D eigenvalue weighted by Crippen LogP contribution is -2.49. The molecule has 1 fully saturated rings. The first-order valence-electron chi connectivity index (χ1n) is 25.1. The van der Waals surface area contributed by atoms with Crippen LogP contribution in [0.2, 0.25) is 0 Å². The van der Waals surface area contributed by atoms with Gasteiger partial charge in [-0.2, -0.15) is 0 Å². The summed E-state index contributed by atoms with van der Waals surface area (Å²) in [7, 11) is 0. The Kier molecular flexibility index (Phi) is 40.8. The van der Waals surface area contributed by atoms with Gasteiger partial charge in [-0.25, -0.2) is 0 Å². The van der Waals surface area contributed by atoms with Gasteiger partial charge in [-0.15, -0.1) is 0 Å². The molecule has 1 saturated heterocycles. The van der Waals surface area contributed by atoms with Crippen LogP contribution < -0.4 is 5.32 Å².